The first-order valence-corrected chi connectivity index (χ1v) is 3.88. The maximum atomic E-state index is 4.60. The van der Waals surface area contributed by atoms with E-state index in [0.717, 1.165) is 6.42 Å². The van der Waals surface area contributed by atoms with Crippen molar-refractivity contribution in [1.82, 2.24) is 0 Å². The molecule has 0 unspecified atom stereocenters. The molecule has 0 amide bonds. The van der Waals surface area contributed by atoms with Gasteiger partial charge in [0, 0.05) is 0 Å². The Morgan fingerprint density at radius 3 is 2.27 bits per heavy atom. The molecule has 0 bridgehead atoms. The maximum Gasteiger partial charge on any atom is -0.00297 e. The lowest BCUT2D eigenvalue weighted by molar-refractivity contribution is 1.10. The summed E-state index contributed by atoms with van der Waals surface area (Å²) in [6.45, 7) is 7.98. The third-order valence-corrected chi connectivity index (χ3v) is 1.13. The van der Waals surface area contributed by atoms with E-state index in [-0.39, 0.29) is 0 Å². The molecule has 0 N–H and O–H groups in total. The molecule has 0 spiro atoms. The Morgan fingerprint density at radius 2 is 2.00 bits per heavy atom. The Bertz CT molecular complexity index is 153. The summed E-state index contributed by atoms with van der Waals surface area (Å²) < 4.78 is 0. The van der Waals surface area contributed by atoms with Crippen LogP contribution in [0.2, 0.25) is 0 Å². The molecule has 0 saturated heterocycles. The van der Waals surface area contributed by atoms with Gasteiger partial charge in [-0.2, -0.15) is 0 Å². The molecule has 0 aromatic heterocycles. The van der Waals surface area contributed by atoms with Crippen LogP contribution in [0.5, 0.6) is 0 Å². The van der Waals surface area contributed by atoms with Gasteiger partial charge in [-0.3, -0.25) is 0 Å². The summed E-state index contributed by atoms with van der Waals surface area (Å²) >= 11 is 0. The van der Waals surface area contributed by atoms with E-state index >= 15 is 0 Å². The average Bonchev–Trinajstić information content (AvgIpc) is 2.02. The zero-order valence-electron chi connectivity index (χ0n) is 8.02. The summed E-state index contributed by atoms with van der Waals surface area (Å²) in [5.41, 5.74) is 1.43. The van der Waals surface area contributed by atoms with Gasteiger partial charge in [0.05, 0.1) is 0 Å². The molecule has 0 aromatic rings. The van der Waals surface area contributed by atoms with Gasteiger partial charge in [-0.25, -0.2) is 0 Å². The van der Waals surface area contributed by atoms with Crippen molar-refractivity contribution < 1.29 is 0 Å². The van der Waals surface area contributed by atoms with E-state index < -0.39 is 0 Å². The van der Waals surface area contributed by atoms with Gasteiger partial charge in [0.1, 0.15) is 0 Å². The molecular formula is C11H18. The number of hydrogen-bond acceptors (Lipinski definition) is 0. The number of terminal acetylenes is 1. The summed E-state index contributed by atoms with van der Waals surface area (Å²) in [5, 5.41) is 0. The summed E-state index contributed by atoms with van der Waals surface area (Å²) in [4.78, 5) is 0. The molecular weight excluding hydrogens is 132 g/mol. The monoisotopic (exact) mass is 150 g/mol. The highest BCUT2D eigenvalue weighted by atomic mass is 13.8. The molecule has 0 atom stereocenters. The summed E-state index contributed by atoms with van der Waals surface area (Å²) in [5.74, 6) is 2.25. The second-order valence-corrected chi connectivity index (χ2v) is 2.18. The fraction of sp³-hybridized carbons (Fsp3) is 0.455. The molecule has 0 aromatic carbocycles. The normalized spacial score (nSPS) is 10.3. The molecule has 0 saturated carbocycles. The van der Waals surface area contributed by atoms with Crippen molar-refractivity contribution in [2.45, 2.75) is 34.1 Å². The molecule has 0 aliphatic carbocycles. The number of rotatable bonds is 2. The van der Waals surface area contributed by atoms with Gasteiger partial charge in [0.25, 0.3) is 0 Å². The molecule has 0 radical (unpaired) electrons. The lowest BCUT2D eigenvalue weighted by atomic mass is 10.2. The molecule has 0 nitrogen and oxygen atoms in total. The minimum absolute atomic E-state index is 1.16. The van der Waals surface area contributed by atoms with E-state index in [0.29, 0.717) is 0 Å². The van der Waals surface area contributed by atoms with Crippen molar-refractivity contribution in [3.63, 3.8) is 0 Å². The molecule has 0 heteroatoms. The van der Waals surface area contributed by atoms with Crippen LogP contribution < -0.4 is 0 Å². The van der Waals surface area contributed by atoms with Gasteiger partial charge in [-0.05, 0) is 27.2 Å². The first kappa shape index (κ1) is 12.7. The molecule has 0 rings (SSSR count). The van der Waals surface area contributed by atoms with E-state index in [1.165, 1.54) is 5.57 Å². The standard InChI is InChI=1S/C8H14.C3H4/c1-4-6-7-8(3)5-2;1-3-2/h4,6-7H,5H2,1-3H3;1H,2H3/b6-4-,8-7-;. The zero-order valence-corrected chi connectivity index (χ0v) is 8.02. The molecule has 0 fully saturated rings. The smallest absolute Gasteiger partial charge is 0.00297 e. The van der Waals surface area contributed by atoms with Crippen molar-refractivity contribution in [1.29, 1.82) is 0 Å². The van der Waals surface area contributed by atoms with Gasteiger partial charge >= 0.3 is 0 Å². The third-order valence-electron chi connectivity index (χ3n) is 1.13. The minimum Gasteiger partial charge on any atom is -0.120 e. The van der Waals surface area contributed by atoms with Crippen LogP contribution in [0.15, 0.2) is 23.8 Å². The fourth-order valence-corrected chi connectivity index (χ4v) is 0.378. The average molecular weight is 150 g/mol. The lowest BCUT2D eigenvalue weighted by Crippen LogP contribution is -1.66. The van der Waals surface area contributed by atoms with Crippen LogP contribution >= 0.6 is 0 Å². The van der Waals surface area contributed by atoms with Crippen molar-refractivity contribution in [2.75, 3.05) is 0 Å². The summed E-state index contributed by atoms with van der Waals surface area (Å²) in [7, 11) is 0. The molecule has 0 heterocycles. The van der Waals surface area contributed by atoms with Crippen LogP contribution in [0, 0.1) is 12.3 Å². The highest BCUT2D eigenvalue weighted by molar-refractivity contribution is 5.08. The van der Waals surface area contributed by atoms with E-state index in [1.54, 1.807) is 6.92 Å². The highest BCUT2D eigenvalue weighted by Gasteiger charge is 1.75. The van der Waals surface area contributed by atoms with E-state index in [2.05, 4.69) is 38.3 Å². The predicted molar refractivity (Wildman–Crippen MR) is 53.4 cm³/mol. The van der Waals surface area contributed by atoms with Crippen molar-refractivity contribution >= 4 is 0 Å². The van der Waals surface area contributed by atoms with Gasteiger partial charge in [-0.1, -0.05) is 30.7 Å². The zero-order chi connectivity index (χ0) is 9.11. The summed E-state index contributed by atoms with van der Waals surface area (Å²) in [6, 6.07) is 0. The van der Waals surface area contributed by atoms with Crippen LogP contribution in [0.25, 0.3) is 0 Å². The first-order chi connectivity index (χ1) is 5.22. The first-order valence-electron chi connectivity index (χ1n) is 3.88. The van der Waals surface area contributed by atoms with Gasteiger partial charge in [0.2, 0.25) is 0 Å². The van der Waals surface area contributed by atoms with Crippen LogP contribution in [0.3, 0.4) is 0 Å². The Labute approximate surface area is 71.0 Å². The van der Waals surface area contributed by atoms with Crippen molar-refractivity contribution in [2.24, 2.45) is 0 Å². The Hall–Kier alpha value is -0.960. The maximum absolute atomic E-state index is 4.60. The molecule has 0 aliphatic heterocycles. The third kappa shape index (κ3) is 17.6. The predicted octanol–water partition coefficient (Wildman–Crippen LogP) is 3.56. The highest BCUT2D eigenvalue weighted by Crippen LogP contribution is 1.96. The second kappa shape index (κ2) is 11.8. The largest absolute Gasteiger partial charge is 0.120 e. The SMILES string of the molecule is C#CC.C/C=C\C=C(\C)CC. The quantitative estimate of drug-likeness (QED) is 0.417. The Balaban J connectivity index is 0. The van der Waals surface area contributed by atoms with Crippen LogP contribution in [0.1, 0.15) is 34.1 Å². The van der Waals surface area contributed by atoms with E-state index in [1.807, 2.05) is 13.0 Å². The fourth-order valence-electron chi connectivity index (χ4n) is 0.378. The molecule has 11 heavy (non-hydrogen) atoms. The number of allylic oxidation sites excluding steroid dienone is 4. The Morgan fingerprint density at radius 1 is 1.55 bits per heavy atom. The second-order valence-electron chi connectivity index (χ2n) is 2.18. The molecule has 0 aliphatic rings. The Kier molecular flexibility index (Phi) is 13.6. The molecule has 62 valence electrons. The van der Waals surface area contributed by atoms with Gasteiger partial charge in [0.15, 0.2) is 0 Å². The topological polar surface area (TPSA) is 0 Å². The number of hydrogen-bond donors (Lipinski definition) is 0. The van der Waals surface area contributed by atoms with E-state index in [9.17, 15) is 0 Å². The van der Waals surface area contributed by atoms with Gasteiger partial charge < -0.3 is 0 Å². The summed E-state index contributed by atoms with van der Waals surface area (Å²) in [6.07, 6.45) is 12.0. The lowest BCUT2D eigenvalue weighted by Gasteiger charge is -1.87. The van der Waals surface area contributed by atoms with Crippen LogP contribution in [-0.2, 0) is 0 Å². The van der Waals surface area contributed by atoms with Crippen molar-refractivity contribution in [3.05, 3.63) is 23.8 Å². The minimum atomic E-state index is 1.16. The van der Waals surface area contributed by atoms with E-state index in [4.69, 9.17) is 0 Å². The van der Waals surface area contributed by atoms with Gasteiger partial charge in [-0.15, -0.1) is 12.3 Å². The van der Waals surface area contributed by atoms with Crippen LogP contribution in [0.4, 0.5) is 0 Å². The van der Waals surface area contributed by atoms with Crippen molar-refractivity contribution in [3.8, 4) is 12.3 Å². The van der Waals surface area contributed by atoms with Crippen LogP contribution in [-0.4, -0.2) is 0 Å².